The number of carbonyl (C=O) groups is 1. The molecule has 1 aromatic rings. The van der Waals surface area contributed by atoms with Gasteiger partial charge in [0.1, 0.15) is 5.15 Å². The maximum atomic E-state index is 12.1. The minimum atomic E-state index is -0.156. The van der Waals surface area contributed by atoms with Crippen LogP contribution in [0.2, 0.25) is 5.15 Å². The van der Waals surface area contributed by atoms with Gasteiger partial charge >= 0.3 is 0 Å². The van der Waals surface area contributed by atoms with Crippen LogP contribution < -0.4 is 11.1 Å². The molecular formula is C13H18ClN3O. The second kappa shape index (κ2) is 5.57. The molecule has 1 fully saturated rings. The van der Waals surface area contributed by atoms with Crippen molar-refractivity contribution in [2.24, 2.45) is 5.92 Å². The van der Waals surface area contributed by atoms with Crippen LogP contribution in [0.15, 0.2) is 12.3 Å². The average molecular weight is 268 g/mol. The highest BCUT2D eigenvalue weighted by atomic mass is 35.5. The molecule has 1 saturated carbocycles. The van der Waals surface area contributed by atoms with E-state index in [4.69, 9.17) is 17.3 Å². The standard InChI is InChI=1S/C13H18ClN3O/c1-8-2-4-9(5-3-8)17-13(18)10-6-12(14)16-7-11(10)15/h6-9H,2-5,15H2,1H3,(H,17,18). The fraction of sp³-hybridized carbons (Fsp3) is 0.538. The van der Waals surface area contributed by atoms with Gasteiger partial charge in [-0.2, -0.15) is 0 Å². The normalized spacial score (nSPS) is 23.7. The molecular weight excluding hydrogens is 250 g/mol. The third-order valence-electron chi connectivity index (χ3n) is 3.50. The van der Waals surface area contributed by atoms with Crippen molar-refractivity contribution >= 4 is 23.2 Å². The van der Waals surface area contributed by atoms with Gasteiger partial charge in [0.25, 0.3) is 5.91 Å². The van der Waals surface area contributed by atoms with Gasteiger partial charge in [-0.05, 0) is 37.7 Å². The zero-order valence-corrected chi connectivity index (χ0v) is 11.2. The number of anilines is 1. The molecule has 98 valence electrons. The predicted octanol–water partition coefficient (Wildman–Crippen LogP) is 2.63. The lowest BCUT2D eigenvalue weighted by atomic mass is 9.87. The lowest BCUT2D eigenvalue weighted by Gasteiger charge is -2.27. The number of hydrogen-bond donors (Lipinski definition) is 2. The molecule has 18 heavy (non-hydrogen) atoms. The van der Waals surface area contributed by atoms with Gasteiger partial charge in [0.2, 0.25) is 0 Å². The zero-order valence-electron chi connectivity index (χ0n) is 10.4. The van der Waals surface area contributed by atoms with Gasteiger partial charge in [-0.1, -0.05) is 18.5 Å². The maximum absolute atomic E-state index is 12.1. The fourth-order valence-electron chi connectivity index (χ4n) is 2.30. The van der Waals surface area contributed by atoms with Crippen molar-refractivity contribution in [3.05, 3.63) is 23.0 Å². The Labute approximate surface area is 112 Å². The van der Waals surface area contributed by atoms with Crippen LogP contribution in [-0.2, 0) is 0 Å². The average Bonchev–Trinajstić information content (AvgIpc) is 2.35. The van der Waals surface area contributed by atoms with Gasteiger partial charge in [-0.3, -0.25) is 4.79 Å². The van der Waals surface area contributed by atoms with Crippen molar-refractivity contribution in [2.45, 2.75) is 38.6 Å². The van der Waals surface area contributed by atoms with Gasteiger partial charge in [0, 0.05) is 6.04 Å². The first-order chi connectivity index (χ1) is 8.56. The molecule has 0 atom stereocenters. The zero-order chi connectivity index (χ0) is 13.1. The van der Waals surface area contributed by atoms with E-state index in [-0.39, 0.29) is 17.1 Å². The van der Waals surface area contributed by atoms with Crippen LogP contribution in [0, 0.1) is 5.92 Å². The van der Waals surface area contributed by atoms with Crippen molar-refractivity contribution in [2.75, 3.05) is 5.73 Å². The molecule has 0 aromatic carbocycles. The minimum Gasteiger partial charge on any atom is -0.397 e. The quantitative estimate of drug-likeness (QED) is 0.810. The summed E-state index contributed by atoms with van der Waals surface area (Å²) in [6, 6.07) is 1.76. The number of amides is 1. The lowest BCUT2D eigenvalue weighted by molar-refractivity contribution is 0.0924. The summed E-state index contributed by atoms with van der Waals surface area (Å²) < 4.78 is 0. The Morgan fingerprint density at radius 2 is 2.11 bits per heavy atom. The van der Waals surface area contributed by atoms with Gasteiger partial charge in [0.05, 0.1) is 17.4 Å². The van der Waals surface area contributed by atoms with E-state index in [0.717, 1.165) is 31.6 Å². The number of nitrogens with two attached hydrogens (primary N) is 1. The van der Waals surface area contributed by atoms with E-state index < -0.39 is 0 Å². The van der Waals surface area contributed by atoms with E-state index in [9.17, 15) is 4.79 Å². The Kier molecular flexibility index (Phi) is 4.07. The SMILES string of the molecule is CC1CCC(NC(=O)c2cc(Cl)ncc2N)CC1. The molecule has 5 heteroatoms. The van der Waals surface area contributed by atoms with E-state index in [1.54, 1.807) is 0 Å². The van der Waals surface area contributed by atoms with E-state index in [1.807, 2.05) is 0 Å². The topological polar surface area (TPSA) is 68.0 Å². The first kappa shape index (κ1) is 13.1. The molecule has 1 aliphatic carbocycles. The number of nitrogens with zero attached hydrogens (tertiary/aromatic N) is 1. The minimum absolute atomic E-state index is 0.156. The van der Waals surface area contributed by atoms with Crippen LogP contribution in [0.3, 0.4) is 0 Å². The number of nitrogens with one attached hydrogen (secondary N) is 1. The highest BCUT2D eigenvalue weighted by Gasteiger charge is 2.21. The third kappa shape index (κ3) is 3.13. The number of nitrogen functional groups attached to an aromatic ring is 1. The molecule has 1 aliphatic rings. The molecule has 1 aromatic heterocycles. The summed E-state index contributed by atoms with van der Waals surface area (Å²) >= 11 is 5.78. The van der Waals surface area contributed by atoms with Gasteiger partial charge < -0.3 is 11.1 Å². The summed E-state index contributed by atoms with van der Waals surface area (Å²) in [4.78, 5) is 15.9. The molecule has 3 N–H and O–H groups in total. The van der Waals surface area contributed by atoms with Crippen molar-refractivity contribution < 1.29 is 4.79 Å². The molecule has 0 radical (unpaired) electrons. The molecule has 1 amide bonds. The number of carbonyl (C=O) groups excluding carboxylic acids is 1. The summed E-state index contributed by atoms with van der Waals surface area (Å²) in [5, 5.41) is 3.30. The lowest BCUT2D eigenvalue weighted by Crippen LogP contribution is -2.37. The van der Waals surface area contributed by atoms with Crippen LogP contribution in [-0.4, -0.2) is 16.9 Å². The Hall–Kier alpha value is -1.29. The van der Waals surface area contributed by atoms with E-state index in [2.05, 4.69) is 17.2 Å². The van der Waals surface area contributed by atoms with Gasteiger partial charge in [-0.25, -0.2) is 4.98 Å². The largest absolute Gasteiger partial charge is 0.397 e. The molecule has 0 unspecified atom stereocenters. The first-order valence-corrected chi connectivity index (χ1v) is 6.66. The molecule has 2 rings (SSSR count). The summed E-state index contributed by atoms with van der Waals surface area (Å²) in [7, 11) is 0. The first-order valence-electron chi connectivity index (χ1n) is 6.28. The number of rotatable bonds is 2. The third-order valence-corrected chi connectivity index (χ3v) is 3.70. The van der Waals surface area contributed by atoms with Crippen LogP contribution >= 0.6 is 11.6 Å². The maximum Gasteiger partial charge on any atom is 0.253 e. The fourth-order valence-corrected chi connectivity index (χ4v) is 2.46. The number of aromatic nitrogens is 1. The van der Waals surface area contributed by atoms with Crippen LogP contribution in [0.5, 0.6) is 0 Å². The van der Waals surface area contributed by atoms with Crippen LogP contribution in [0.4, 0.5) is 5.69 Å². The van der Waals surface area contributed by atoms with E-state index in [1.165, 1.54) is 12.3 Å². The monoisotopic (exact) mass is 267 g/mol. The Morgan fingerprint density at radius 1 is 1.44 bits per heavy atom. The summed E-state index contributed by atoms with van der Waals surface area (Å²) in [5.74, 6) is 0.606. The second-order valence-electron chi connectivity index (χ2n) is 5.02. The smallest absolute Gasteiger partial charge is 0.253 e. The molecule has 0 bridgehead atoms. The van der Waals surface area contributed by atoms with Gasteiger partial charge in [-0.15, -0.1) is 0 Å². The highest BCUT2D eigenvalue weighted by molar-refractivity contribution is 6.29. The summed E-state index contributed by atoms with van der Waals surface area (Å²) in [5.41, 5.74) is 6.51. The molecule has 0 aliphatic heterocycles. The molecule has 1 heterocycles. The Morgan fingerprint density at radius 3 is 2.78 bits per heavy atom. The van der Waals surface area contributed by atoms with Crippen molar-refractivity contribution in [1.82, 2.24) is 10.3 Å². The molecule has 4 nitrogen and oxygen atoms in total. The summed E-state index contributed by atoms with van der Waals surface area (Å²) in [6.07, 6.45) is 5.81. The molecule has 0 saturated heterocycles. The van der Waals surface area contributed by atoms with Crippen molar-refractivity contribution in [3.63, 3.8) is 0 Å². The number of halogens is 1. The van der Waals surface area contributed by atoms with Gasteiger partial charge in [0.15, 0.2) is 0 Å². The number of hydrogen-bond acceptors (Lipinski definition) is 3. The molecule has 0 spiro atoms. The van der Waals surface area contributed by atoms with Crippen molar-refractivity contribution in [1.29, 1.82) is 0 Å². The van der Waals surface area contributed by atoms with Crippen LogP contribution in [0.25, 0.3) is 0 Å². The Bertz CT molecular complexity index is 442. The predicted molar refractivity (Wildman–Crippen MR) is 72.5 cm³/mol. The Balaban J connectivity index is 2.01. The van der Waals surface area contributed by atoms with E-state index >= 15 is 0 Å². The van der Waals surface area contributed by atoms with Crippen molar-refractivity contribution in [3.8, 4) is 0 Å². The highest BCUT2D eigenvalue weighted by Crippen LogP contribution is 2.24. The number of pyridine rings is 1. The summed E-state index contributed by atoms with van der Waals surface area (Å²) in [6.45, 7) is 2.25. The van der Waals surface area contributed by atoms with Crippen LogP contribution in [0.1, 0.15) is 43.0 Å². The van der Waals surface area contributed by atoms with E-state index in [0.29, 0.717) is 11.3 Å². The second-order valence-corrected chi connectivity index (χ2v) is 5.41.